The van der Waals surface area contributed by atoms with E-state index in [1.807, 2.05) is 0 Å². The Labute approximate surface area is 145 Å². The lowest BCUT2D eigenvalue weighted by molar-refractivity contribution is 0.0946. The van der Waals surface area contributed by atoms with Crippen molar-refractivity contribution in [2.75, 3.05) is 19.5 Å². The van der Waals surface area contributed by atoms with Crippen molar-refractivity contribution in [1.29, 1.82) is 0 Å². The minimum absolute atomic E-state index is 0.223. The van der Waals surface area contributed by atoms with Gasteiger partial charge in [-0.05, 0) is 37.1 Å². The Kier molecular flexibility index (Phi) is 4.83. The van der Waals surface area contributed by atoms with Crippen LogP contribution < -0.4 is 20.1 Å². The molecule has 130 valence electrons. The van der Waals surface area contributed by atoms with Crippen LogP contribution in [0.5, 0.6) is 11.5 Å². The average Bonchev–Trinajstić information content (AvgIpc) is 3.46. The maximum Gasteiger partial charge on any atom is 0.270 e. The minimum atomic E-state index is -0.355. The number of nitrogens with one attached hydrogen (secondary N) is 2. The lowest BCUT2D eigenvalue weighted by atomic mass is 10.2. The van der Waals surface area contributed by atoms with Gasteiger partial charge in [0.15, 0.2) is 0 Å². The van der Waals surface area contributed by atoms with Crippen molar-refractivity contribution >= 4 is 17.5 Å². The van der Waals surface area contributed by atoms with Gasteiger partial charge in [-0.1, -0.05) is 0 Å². The summed E-state index contributed by atoms with van der Waals surface area (Å²) in [4.78, 5) is 28.6. The SMILES string of the molecule is COc1ccc(NC(=O)c2ccnc(C(=O)NC3CC3)c2)c(OC)c1. The van der Waals surface area contributed by atoms with Crippen LogP contribution in [0.25, 0.3) is 0 Å². The standard InChI is InChI=1S/C18H19N3O4/c1-24-13-5-6-14(16(10-13)25-2)21-17(22)11-7-8-19-15(9-11)18(23)20-12-3-4-12/h5-10,12H,3-4H2,1-2H3,(H,20,23)(H,21,22). The number of hydrogen-bond donors (Lipinski definition) is 2. The van der Waals surface area contributed by atoms with Crippen LogP contribution in [0.1, 0.15) is 33.7 Å². The lowest BCUT2D eigenvalue weighted by Crippen LogP contribution is -2.26. The predicted octanol–water partition coefficient (Wildman–Crippen LogP) is 2.24. The summed E-state index contributed by atoms with van der Waals surface area (Å²) >= 11 is 0. The van der Waals surface area contributed by atoms with Crippen LogP contribution in [-0.4, -0.2) is 37.1 Å². The molecule has 1 aromatic carbocycles. The molecule has 0 radical (unpaired) electrons. The average molecular weight is 341 g/mol. The van der Waals surface area contributed by atoms with E-state index in [1.54, 1.807) is 31.4 Å². The molecule has 2 amide bonds. The number of hydrogen-bond acceptors (Lipinski definition) is 5. The highest BCUT2D eigenvalue weighted by Gasteiger charge is 2.24. The van der Waals surface area contributed by atoms with E-state index in [-0.39, 0.29) is 23.6 Å². The molecule has 7 heteroatoms. The van der Waals surface area contributed by atoms with E-state index in [1.165, 1.54) is 19.4 Å². The van der Waals surface area contributed by atoms with Crippen molar-refractivity contribution in [3.05, 3.63) is 47.8 Å². The summed E-state index contributed by atoms with van der Waals surface area (Å²) in [5, 5.41) is 5.62. The molecular formula is C18H19N3O4. The van der Waals surface area contributed by atoms with Gasteiger partial charge in [0.1, 0.15) is 17.2 Å². The number of carbonyl (C=O) groups is 2. The maximum absolute atomic E-state index is 12.5. The van der Waals surface area contributed by atoms with Gasteiger partial charge < -0.3 is 20.1 Å². The molecule has 1 aliphatic carbocycles. The first kappa shape index (κ1) is 16.8. The van der Waals surface area contributed by atoms with Crippen LogP contribution in [0.15, 0.2) is 36.5 Å². The molecule has 0 atom stereocenters. The van der Waals surface area contributed by atoms with Crippen molar-refractivity contribution in [1.82, 2.24) is 10.3 Å². The molecular weight excluding hydrogens is 322 g/mol. The largest absolute Gasteiger partial charge is 0.497 e. The molecule has 1 heterocycles. The van der Waals surface area contributed by atoms with Gasteiger partial charge in [0.2, 0.25) is 0 Å². The van der Waals surface area contributed by atoms with E-state index in [0.717, 1.165) is 12.8 Å². The molecule has 0 aliphatic heterocycles. The summed E-state index contributed by atoms with van der Waals surface area (Å²) in [5.41, 5.74) is 1.07. The van der Waals surface area contributed by atoms with E-state index in [2.05, 4.69) is 15.6 Å². The fourth-order valence-corrected chi connectivity index (χ4v) is 2.28. The molecule has 1 aliphatic rings. The smallest absolute Gasteiger partial charge is 0.270 e. The van der Waals surface area contributed by atoms with Crippen molar-refractivity contribution in [2.45, 2.75) is 18.9 Å². The third-order valence-electron chi connectivity index (χ3n) is 3.82. The van der Waals surface area contributed by atoms with Crippen LogP contribution in [0, 0.1) is 0 Å². The zero-order chi connectivity index (χ0) is 17.8. The van der Waals surface area contributed by atoms with E-state index in [0.29, 0.717) is 22.7 Å². The van der Waals surface area contributed by atoms with Gasteiger partial charge in [-0.15, -0.1) is 0 Å². The molecule has 7 nitrogen and oxygen atoms in total. The van der Waals surface area contributed by atoms with E-state index in [9.17, 15) is 9.59 Å². The van der Waals surface area contributed by atoms with Crippen molar-refractivity contribution in [3.63, 3.8) is 0 Å². The zero-order valence-corrected chi connectivity index (χ0v) is 14.0. The van der Waals surface area contributed by atoms with Gasteiger partial charge >= 0.3 is 0 Å². The van der Waals surface area contributed by atoms with Crippen LogP contribution >= 0.6 is 0 Å². The van der Waals surface area contributed by atoms with Gasteiger partial charge in [-0.25, -0.2) is 0 Å². The molecule has 0 bridgehead atoms. The molecule has 1 fully saturated rings. The fourth-order valence-electron chi connectivity index (χ4n) is 2.28. The third kappa shape index (κ3) is 4.06. The number of carbonyl (C=O) groups excluding carboxylic acids is 2. The van der Waals surface area contributed by atoms with E-state index >= 15 is 0 Å². The number of pyridine rings is 1. The topological polar surface area (TPSA) is 89.5 Å². The van der Waals surface area contributed by atoms with Gasteiger partial charge in [-0.3, -0.25) is 14.6 Å². The molecule has 0 saturated heterocycles. The Balaban J connectivity index is 1.76. The summed E-state index contributed by atoms with van der Waals surface area (Å²) < 4.78 is 10.4. The lowest BCUT2D eigenvalue weighted by Gasteiger charge is -2.12. The monoisotopic (exact) mass is 341 g/mol. The summed E-state index contributed by atoms with van der Waals surface area (Å²) in [6, 6.07) is 8.35. The molecule has 25 heavy (non-hydrogen) atoms. The highest BCUT2D eigenvalue weighted by Crippen LogP contribution is 2.29. The first-order chi connectivity index (χ1) is 12.1. The summed E-state index contributed by atoms with van der Waals surface area (Å²) in [5.74, 6) is 0.483. The molecule has 1 aromatic heterocycles. The van der Waals surface area contributed by atoms with Gasteiger partial charge in [0.05, 0.1) is 19.9 Å². The Morgan fingerprint density at radius 3 is 2.56 bits per heavy atom. The quantitative estimate of drug-likeness (QED) is 0.841. The maximum atomic E-state index is 12.5. The van der Waals surface area contributed by atoms with Crippen molar-refractivity contribution in [2.24, 2.45) is 0 Å². The first-order valence-corrected chi connectivity index (χ1v) is 7.91. The van der Waals surface area contributed by atoms with Gasteiger partial charge in [-0.2, -0.15) is 0 Å². The number of nitrogens with zero attached hydrogens (tertiary/aromatic N) is 1. The third-order valence-corrected chi connectivity index (χ3v) is 3.82. The van der Waals surface area contributed by atoms with Crippen LogP contribution in [0.4, 0.5) is 5.69 Å². The highest BCUT2D eigenvalue weighted by atomic mass is 16.5. The Morgan fingerprint density at radius 1 is 1.08 bits per heavy atom. The number of benzene rings is 1. The Hall–Kier alpha value is -3.09. The first-order valence-electron chi connectivity index (χ1n) is 7.91. The summed E-state index contributed by atoms with van der Waals surface area (Å²) in [6.07, 6.45) is 3.42. The zero-order valence-electron chi connectivity index (χ0n) is 14.0. The van der Waals surface area contributed by atoms with Crippen molar-refractivity contribution in [3.8, 4) is 11.5 Å². The van der Waals surface area contributed by atoms with Crippen LogP contribution in [0.2, 0.25) is 0 Å². The number of amides is 2. The van der Waals surface area contributed by atoms with E-state index in [4.69, 9.17) is 9.47 Å². The Morgan fingerprint density at radius 2 is 1.88 bits per heavy atom. The molecule has 0 spiro atoms. The minimum Gasteiger partial charge on any atom is -0.497 e. The molecule has 1 saturated carbocycles. The number of aromatic nitrogens is 1. The molecule has 0 unspecified atom stereocenters. The van der Waals surface area contributed by atoms with Crippen LogP contribution in [-0.2, 0) is 0 Å². The number of anilines is 1. The fraction of sp³-hybridized carbons (Fsp3) is 0.278. The van der Waals surface area contributed by atoms with Gasteiger partial charge in [0.25, 0.3) is 11.8 Å². The summed E-state index contributed by atoms with van der Waals surface area (Å²) in [7, 11) is 3.06. The van der Waals surface area contributed by atoms with Crippen LogP contribution in [0.3, 0.4) is 0 Å². The second-order valence-corrected chi connectivity index (χ2v) is 5.70. The van der Waals surface area contributed by atoms with E-state index < -0.39 is 0 Å². The number of rotatable bonds is 6. The van der Waals surface area contributed by atoms with Gasteiger partial charge in [0, 0.05) is 23.9 Å². The van der Waals surface area contributed by atoms with Crippen molar-refractivity contribution < 1.29 is 19.1 Å². The molecule has 3 rings (SSSR count). The predicted molar refractivity (Wildman–Crippen MR) is 92.2 cm³/mol. The highest BCUT2D eigenvalue weighted by molar-refractivity contribution is 6.06. The Bertz CT molecular complexity index is 803. The second-order valence-electron chi connectivity index (χ2n) is 5.70. The molecule has 2 aromatic rings. The number of ether oxygens (including phenoxy) is 2. The number of methoxy groups -OCH3 is 2. The molecule has 2 N–H and O–H groups in total. The normalized spacial score (nSPS) is 13.0. The second kappa shape index (κ2) is 7.21. The summed E-state index contributed by atoms with van der Waals surface area (Å²) in [6.45, 7) is 0.